The Bertz CT molecular complexity index is 286. The molecular weight excluding hydrogens is 202 g/mol. The van der Waals surface area contributed by atoms with Crippen LogP contribution in [0.25, 0.3) is 0 Å². The van der Waals surface area contributed by atoms with Gasteiger partial charge in [0.2, 0.25) is 0 Å². The monoisotopic (exact) mass is 225 g/mol. The Morgan fingerprint density at radius 2 is 2.38 bits per heavy atom. The summed E-state index contributed by atoms with van der Waals surface area (Å²) in [4.78, 5) is 0. The highest BCUT2D eigenvalue weighted by molar-refractivity contribution is 5.37. The van der Waals surface area contributed by atoms with Crippen molar-refractivity contribution in [3.63, 3.8) is 0 Å². The van der Waals surface area contributed by atoms with Crippen LogP contribution in [-0.4, -0.2) is 30.0 Å². The van der Waals surface area contributed by atoms with Crippen LogP contribution in [0.4, 0.5) is 5.69 Å². The van der Waals surface area contributed by atoms with Gasteiger partial charge in [-0.15, -0.1) is 0 Å². The Morgan fingerprint density at radius 1 is 1.56 bits per heavy atom. The van der Waals surface area contributed by atoms with Crippen molar-refractivity contribution in [3.8, 4) is 0 Å². The average molecular weight is 225 g/mol. The molecule has 0 amide bonds. The minimum absolute atomic E-state index is 0.702. The summed E-state index contributed by atoms with van der Waals surface area (Å²) in [7, 11) is 1.70. The van der Waals surface area contributed by atoms with Crippen LogP contribution in [0.3, 0.4) is 0 Å². The van der Waals surface area contributed by atoms with Gasteiger partial charge in [0, 0.05) is 19.9 Å². The minimum Gasteiger partial charge on any atom is -0.383 e. The molecular formula is C12H23N3O. The second-order valence-electron chi connectivity index (χ2n) is 4.26. The fourth-order valence-corrected chi connectivity index (χ4v) is 1.65. The Balaban J connectivity index is 2.28. The van der Waals surface area contributed by atoms with Gasteiger partial charge in [-0.05, 0) is 12.3 Å². The first-order chi connectivity index (χ1) is 7.76. The van der Waals surface area contributed by atoms with Crippen LogP contribution in [0.5, 0.6) is 0 Å². The Labute approximate surface area is 98.0 Å². The molecule has 0 fully saturated rings. The number of anilines is 1. The topological polar surface area (TPSA) is 39.1 Å². The van der Waals surface area contributed by atoms with E-state index < -0.39 is 0 Å². The van der Waals surface area contributed by atoms with E-state index in [2.05, 4.69) is 24.3 Å². The minimum atomic E-state index is 0.702. The summed E-state index contributed by atoms with van der Waals surface area (Å²) < 4.78 is 6.90. The first kappa shape index (κ1) is 13.0. The fourth-order valence-electron chi connectivity index (χ4n) is 1.65. The third-order valence-electron chi connectivity index (χ3n) is 2.59. The highest BCUT2D eigenvalue weighted by atomic mass is 16.5. The second kappa shape index (κ2) is 7.28. The number of ether oxygens (including phenoxy) is 1. The molecule has 4 nitrogen and oxygen atoms in total. The Kier molecular flexibility index (Phi) is 5.93. The third kappa shape index (κ3) is 4.66. The van der Waals surface area contributed by atoms with E-state index in [1.54, 1.807) is 7.11 Å². The predicted molar refractivity (Wildman–Crippen MR) is 66.7 cm³/mol. The lowest BCUT2D eigenvalue weighted by Gasteiger charge is -2.10. The molecule has 1 atom stereocenters. The smallest absolute Gasteiger partial charge is 0.0726 e. The van der Waals surface area contributed by atoms with Crippen molar-refractivity contribution in [2.24, 2.45) is 5.92 Å². The molecule has 0 aliphatic rings. The first-order valence-electron chi connectivity index (χ1n) is 6.01. The molecule has 0 radical (unpaired) electrons. The summed E-state index contributed by atoms with van der Waals surface area (Å²) in [6.07, 6.45) is 6.41. The lowest BCUT2D eigenvalue weighted by Crippen LogP contribution is -2.10. The molecule has 1 heterocycles. The van der Waals surface area contributed by atoms with E-state index in [4.69, 9.17) is 4.74 Å². The van der Waals surface area contributed by atoms with Gasteiger partial charge >= 0.3 is 0 Å². The normalized spacial score (nSPS) is 12.7. The molecule has 0 aliphatic heterocycles. The van der Waals surface area contributed by atoms with Gasteiger partial charge in [0.15, 0.2) is 0 Å². The molecule has 0 aromatic carbocycles. The zero-order valence-corrected chi connectivity index (χ0v) is 10.6. The Morgan fingerprint density at radius 3 is 3.06 bits per heavy atom. The van der Waals surface area contributed by atoms with Crippen LogP contribution in [-0.2, 0) is 11.3 Å². The van der Waals surface area contributed by atoms with E-state index in [0.717, 1.165) is 18.8 Å². The molecule has 0 saturated carbocycles. The molecule has 1 aromatic rings. The lowest BCUT2D eigenvalue weighted by molar-refractivity contribution is 0.183. The molecule has 1 aromatic heterocycles. The molecule has 1 unspecified atom stereocenters. The van der Waals surface area contributed by atoms with Crippen LogP contribution in [0.15, 0.2) is 12.4 Å². The van der Waals surface area contributed by atoms with E-state index >= 15 is 0 Å². The zero-order valence-electron chi connectivity index (χ0n) is 10.6. The molecule has 0 bridgehead atoms. The quantitative estimate of drug-likeness (QED) is 0.738. The van der Waals surface area contributed by atoms with Crippen LogP contribution < -0.4 is 5.32 Å². The number of hydrogen-bond donors (Lipinski definition) is 1. The van der Waals surface area contributed by atoms with Gasteiger partial charge < -0.3 is 10.1 Å². The summed E-state index contributed by atoms with van der Waals surface area (Å²) in [5, 5.41) is 7.65. The summed E-state index contributed by atoms with van der Waals surface area (Å²) in [5.41, 5.74) is 1.10. The maximum Gasteiger partial charge on any atom is 0.0726 e. The van der Waals surface area contributed by atoms with Gasteiger partial charge in [-0.3, -0.25) is 4.68 Å². The SMILES string of the molecule is CCCC(C)CNc1cnn(CCOC)c1. The van der Waals surface area contributed by atoms with Crippen LogP contribution in [0, 0.1) is 5.92 Å². The number of methoxy groups -OCH3 is 1. The van der Waals surface area contributed by atoms with Crippen molar-refractivity contribution in [2.75, 3.05) is 25.6 Å². The lowest BCUT2D eigenvalue weighted by atomic mass is 10.1. The summed E-state index contributed by atoms with van der Waals surface area (Å²) in [6.45, 7) is 7.02. The fraction of sp³-hybridized carbons (Fsp3) is 0.750. The molecule has 0 aliphatic carbocycles. The number of aromatic nitrogens is 2. The first-order valence-corrected chi connectivity index (χ1v) is 6.01. The molecule has 4 heteroatoms. The van der Waals surface area contributed by atoms with E-state index in [9.17, 15) is 0 Å². The highest BCUT2D eigenvalue weighted by Crippen LogP contribution is 2.09. The van der Waals surface area contributed by atoms with Crippen LogP contribution in [0.1, 0.15) is 26.7 Å². The number of nitrogens with zero attached hydrogens (tertiary/aromatic N) is 2. The zero-order chi connectivity index (χ0) is 11.8. The Hall–Kier alpha value is -1.03. The van der Waals surface area contributed by atoms with Crippen LogP contribution in [0.2, 0.25) is 0 Å². The van der Waals surface area contributed by atoms with Crippen molar-refractivity contribution >= 4 is 5.69 Å². The third-order valence-corrected chi connectivity index (χ3v) is 2.59. The van der Waals surface area contributed by atoms with Gasteiger partial charge in [-0.25, -0.2) is 0 Å². The maximum absolute atomic E-state index is 5.00. The van der Waals surface area contributed by atoms with Crippen molar-refractivity contribution in [2.45, 2.75) is 33.2 Å². The van der Waals surface area contributed by atoms with Crippen molar-refractivity contribution in [1.29, 1.82) is 0 Å². The van der Waals surface area contributed by atoms with Gasteiger partial charge in [-0.2, -0.15) is 5.10 Å². The molecule has 16 heavy (non-hydrogen) atoms. The molecule has 0 spiro atoms. The predicted octanol–water partition coefficient (Wildman–Crippen LogP) is 2.38. The van der Waals surface area contributed by atoms with Crippen molar-refractivity contribution in [1.82, 2.24) is 9.78 Å². The molecule has 92 valence electrons. The van der Waals surface area contributed by atoms with Gasteiger partial charge in [-0.1, -0.05) is 20.3 Å². The van der Waals surface area contributed by atoms with E-state index in [1.807, 2.05) is 17.1 Å². The maximum atomic E-state index is 5.00. The van der Waals surface area contributed by atoms with Crippen molar-refractivity contribution in [3.05, 3.63) is 12.4 Å². The van der Waals surface area contributed by atoms with E-state index in [-0.39, 0.29) is 0 Å². The molecule has 1 N–H and O–H groups in total. The highest BCUT2D eigenvalue weighted by Gasteiger charge is 2.02. The number of nitrogens with one attached hydrogen (secondary N) is 1. The van der Waals surface area contributed by atoms with Gasteiger partial charge in [0.25, 0.3) is 0 Å². The number of hydrogen-bond acceptors (Lipinski definition) is 3. The van der Waals surface area contributed by atoms with Crippen molar-refractivity contribution < 1.29 is 4.74 Å². The second-order valence-corrected chi connectivity index (χ2v) is 4.26. The summed E-state index contributed by atoms with van der Waals surface area (Å²) in [5.74, 6) is 0.715. The van der Waals surface area contributed by atoms with Gasteiger partial charge in [0.05, 0.1) is 25.0 Å². The average Bonchev–Trinajstić information content (AvgIpc) is 2.72. The standard InChI is InChI=1S/C12H23N3O/c1-4-5-11(2)8-13-12-9-14-15(10-12)6-7-16-3/h9-11,13H,4-8H2,1-3H3. The van der Waals surface area contributed by atoms with E-state index in [1.165, 1.54) is 12.8 Å². The van der Waals surface area contributed by atoms with Gasteiger partial charge in [0.1, 0.15) is 0 Å². The molecule has 0 saturated heterocycles. The number of rotatable bonds is 8. The summed E-state index contributed by atoms with van der Waals surface area (Å²) >= 11 is 0. The van der Waals surface area contributed by atoms with E-state index in [0.29, 0.717) is 12.5 Å². The molecule has 1 rings (SSSR count). The summed E-state index contributed by atoms with van der Waals surface area (Å²) in [6, 6.07) is 0. The van der Waals surface area contributed by atoms with Crippen LogP contribution >= 0.6 is 0 Å². The largest absolute Gasteiger partial charge is 0.383 e.